The zero-order valence-corrected chi connectivity index (χ0v) is 9.91. The van der Waals surface area contributed by atoms with Gasteiger partial charge >= 0.3 is 0 Å². The summed E-state index contributed by atoms with van der Waals surface area (Å²) in [6.07, 6.45) is -0.346. The van der Waals surface area contributed by atoms with Crippen molar-refractivity contribution in [1.29, 1.82) is 0 Å². The molecule has 0 bridgehead atoms. The number of β-amino-alcohol motifs (C(OH)–C–C–N with tert-alkyl or cyclic N) is 1. The molecule has 1 fully saturated rings. The Kier molecular flexibility index (Phi) is 6.17. The molecule has 1 atom stereocenters. The van der Waals surface area contributed by atoms with Crippen LogP contribution in [0.3, 0.4) is 0 Å². The minimum atomic E-state index is -0.346. The monoisotopic (exact) mass is 216 g/mol. The first kappa shape index (κ1) is 12.9. The van der Waals surface area contributed by atoms with E-state index in [9.17, 15) is 5.11 Å². The molecule has 4 nitrogen and oxygen atoms in total. The average molecular weight is 216 g/mol. The Morgan fingerprint density at radius 3 is 2.53 bits per heavy atom. The van der Waals surface area contributed by atoms with Crippen LogP contribution in [0.5, 0.6) is 0 Å². The van der Waals surface area contributed by atoms with Gasteiger partial charge in [0.2, 0.25) is 0 Å². The third kappa shape index (κ3) is 6.10. The highest BCUT2D eigenvalue weighted by atomic mass is 16.5. The molecular formula is C11H24N2O2. The third-order valence-electron chi connectivity index (χ3n) is 2.44. The SMILES string of the molecule is CC(C)COCC(O)CN1CCNCC1. The molecule has 0 aliphatic carbocycles. The van der Waals surface area contributed by atoms with E-state index in [1.54, 1.807) is 0 Å². The molecule has 0 saturated carbocycles. The molecule has 4 heteroatoms. The Labute approximate surface area is 92.6 Å². The lowest BCUT2D eigenvalue weighted by molar-refractivity contribution is 0.00661. The summed E-state index contributed by atoms with van der Waals surface area (Å²) in [6.45, 7) is 10.3. The van der Waals surface area contributed by atoms with Crippen molar-refractivity contribution >= 4 is 0 Å². The summed E-state index contributed by atoms with van der Waals surface area (Å²) in [7, 11) is 0. The van der Waals surface area contributed by atoms with E-state index in [1.807, 2.05) is 0 Å². The van der Waals surface area contributed by atoms with Gasteiger partial charge in [-0.15, -0.1) is 0 Å². The zero-order chi connectivity index (χ0) is 11.1. The van der Waals surface area contributed by atoms with Gasteiger partial charge in [-0.1, -0.05) is 13.8 Å². The number of nitrogens with zero attached hydrogens (tertiary/aromatic N) is 1. The van der Waals surface area contributed by atoms with Gasteiger partial charge in [-0.25, -0.2) is 0 Å². The first-order valence-corrected chi connectivity index (χ1v) is 5.87. The van der Waals surface area contributed by atoms with E-state index in [2.05, 4.69) is 24.1 Å². The normalized spacial score (nSPS) is 20.8. The second kappa shape index (κ2) is 7.17. The maximum Gasteiger partial charge on any atom is 0.0900 e. The molecule has 1 rings (SSSR count). The number of piperazine rings is 1. The lowest BCUT2D eigenvalue weighted by Crippen LogP contribution is -2.47. The van der Waals surface area contributed by atoms with Gasteiger partial charge in [0.25, 0.3) is 0 Å². The highest BCUT2D eigenvalue weighted by Crippen LogP contribution is 1.98. The summed E-state index contributed by atoms with van der Waals surface area (Å²) in [5.74, 6) is 0.538. The van der Waals surface area contributed by atoms with E-state index in [1.165, 1.54) is 0 Å². The first-order chi connectivity index (χ1) is 7.18. The second-order valence-corrected chi connectivity index (χ2v) is 4.64. The minimum Gasteiger partial charge on any atom is -0.389 e. The van der Waals surface area contributed by atoms with E-state index < -0.39 is 0 Å². The van der Waals surface area contributed by atoms with Gasteiger partial charge in [0.05, 0.1) is 12.7 Å². The Morgan fingerprint density at radius 1 is 1.27 bits per heavy atom. The molecule has 0 radical (unpaired) electrons. The Bertz CT molecular complexity index is 159. The maximum atomic E-state index is 9.73. The van der Waals surface area contributed by atoms with E-state index in [0.717, 1.165) is 39.3 Å². The highest BCUT2D eigenvalue weighted by Gasteiger charge is 2.14. The van der Waals surface area contributed by atoms with Crippen molar-refractivity contribution in [2.45, 2.75) is 20.0 Å². The van der Waals surface area contributed by atoms with Crippen LogP contribution in [0, 0.1) is 5.92 Å². The number of ether oxygens (including phenoxy) is 1. The van der Waals surface area contributed by atoms with Crippen LogP contribution in [-0.2, 0) is 4.74 Å². The molecule has 15 heavy (non-hydrogen) atoms. The molecule has 1 unspecified atom stereocenters. The van der Waals surface area contributed by atoms with Gasteiger partial charge in [0, 0.05) is 39.3 Å². The summed E-state index contributed by atoms with van der Waals surface area (Å²) >= 11 is 0. The number of aliphatic hydroxyl groups is 1. The van der Waals surface area contributed by atoms with E-state index in [-0.39, 0.29) is 6.10 Å². The molecule has 0 aromatic rings. The summed E-state index contributed by atoms with van der Waals surface area (Å²) in [5.41, 5.74) is 0. The number of hydrogen-bond donors (Lipinski definition) is 2. The topological polar surface area (TPSA) is 44.7 Å². The molecule has 2 N–H and O–H groups in total. The molecule has 0 aromatic heterocycles. The predicted molar refractivity (Wildman–Crippen MR) is 61.0 cm³/mol. The van der Waals surface area contributed by atoms with Crippen LogP contribution in [0.2, 0.25) is 0 Å². The van der Waals surface area contributed by atoms with Crippen LogP contribution in [0.25, 0.3) is 0 Å². The standard InChI is InChI=1S/C11H24N2O2/c1-10(2)8-15-9-11(14)7-13-5-3-12-4-6-13/h10-12,14H,3-9H2,1-2H3. The van der Waals surface area contributed by atoms with Crippen LogP contribution in [0.15, 0.2) is 0 Å². The van der Waals surface area contributed by atoms with Crippen LogP contribution >= 0.6 is 0 Å². The number of hydrogen-bond acceptors (Lipinski definition) is 4. The number of aliphatic hydroxyl groups excluding tert-OH is 1. The van der Waals surface area contributed by atoms with Gasteiger partial charge in [-0.2, -0.15) is 0 Å². The van der Waals surface area contributed by atoms with Gasteiger partial charge in [-0.05, 0) is 5.92 Å². The predicted octanol–water partition coefficient (Wildman–Crippen LogP) is -0.0749. The van der Waals surface area contributed by atoms with Crippen LogP contribution in [-0.4, -0.2) is 62.0 Å². The Hall–Kier alpha value is -0.160. The molecule has 0 spiro atoms. The number of rotatable bonds is 6. The molecule has 1 aliphatic rings. The highest BCUT2D eigenvalue weighted by molar-refractivity contribution is 4.70. The summed E-state index contributed by atoms with van der Waals surface area (Å²) < 4.78 is 5.41. The molecule has 0 amide bonds. The van der Waals surface area contributed by atoms with Gasteiger partial charge in [-0.3, -0.25) is 4.90 Å². The molecule has 90 valence electrons. The number of nitrogens with one attached hydrogen (secondary N) is 1. The largest absolute Gasteiger partial charge is 0.389 e. The molecule has 0 aromatic carbocycles. The molecule has 1 saturated heterocycles. The van der Waals surface area contributed by atoms with Crippen molar-refractivity contribution in [2.75, 3.05) is 45.9 Å². The molecule has 1 heterocycles. The van der Waals surface area contributed by atoms with Crippen molar-refractivity contribution < 1.29 is 9.84 Å². The average Bonchev–Trinajstić information content (AvgIpc) is 2.18. The van der Waals surface area contributed by atoms with E-state index >= 15 is 0 Å². The zero-order valence-electron chi connectivity index (χ0n) is 9.91. The van der Waals surface area contributed by atoms with E-state index in [0.29, 0.717) is 12.5 Å². The summed E-state index contributed by atoms with van der Waals surface area (Å²) in [5, 5.41) is 13.0. The quantitative estimate of drug-likeness (QED) is 0.652. The van der Waals surface area contributed by atoms with Gasteiger partial charge < -0.3 is 15.2 Å². The third-order valence-corrected chi connectivity index (χ3v) is 2.44. The lowest BCUT2D eigenvalue weighted by Gasteiger charge is -2.29. The van der Waals surface area contributed by atoms with Crippen LogP contribution < -0.4 is 5.32 Å². The first-order valence-electron chi connectivity index (χ1n) is 5.87. The smallest absolute Gasteiger partial charge is 0.0900 e. The fourth-order valence-corrected chi connectivity index (χ4v) is 1.68. The Balaban J connectivity index is 2.03. The van der Waals surface area contributed by atoms with Crippen molar-refractivity contribution in [2.24, 2.45) is 5.92 Å². The maximum absolute atomic E-state index is 9.73. The van der Waals surface area contributed by atoms with Crippen LogP contribution in [0.4, 0.5) is 0 Å². The van der Waals surface area contributed by atoms with Gasteiger partial charge in [0.1, 0.15) is 0 Å². The van der Waals surface area contributed by atoms with E-state index in [4.69, 9.17) is 4.74 Å². The van der Waals surface area contributed by atoms with Gasteiger partial charge in [0.15, 0.2) is 0 Å². The van der Waals surface area contributed by atoms with Crippen molar-refractivity contribution in [1.82, 2.24) is 10.2 Å². The Morgan fingerprint density at radius 2 is 1.93 bits per heavy atom. The van der Waals surface area contributed by atoms with Crippen LogP contribution in [0.1, 0.15) is 13.8 Å². The van der Waals surface area contributed by atoms with Crippen molar-refractivity contribution in [3.05, 3.63) is 0 Å². The lowest BCUT2D eigenvalue weighted by atomic mass is 10.2. The fourth-order valence-electron chi connectivity index (χ4n) is 1.68. The van der Waals surface area contributed by atoms with Crippen molar-refractivity contribution in [3.8, 4) is 0 Å². The summed E-state index contributed by atoms with van der Waals surface area (Å²) in [4.78, 5) is 2.28. The molecule has 1 aliphatic heterocycles. The van der Waals surface area contributed by atoms with Crippen molar-refractivity contribution in [3.63, 3.8) is 0 Å². The minimum absolute atomic E-state index is 0.346. The molecular weight excluding hydrogens is 192 g/mol. The summed E-state index contributed by atoms with van der Waals surface area (Å²) in [6, 6.07) is 0. The fraction of sp³-hybridized carbons (Fsp3) is 1.00. The second-order valence-electron chi connectivity index (χ2n) is 4.64.